The van der Waals surface area contributed by atoms with Gasteiger partial charge in [0.25, 0.3) is 0 Å². The van der Waals surface area contributed by atoms with Gasteiger partial charge in [0.05, 0.1) is 0 Å². The van der Waals surface area contributed by atoms with Crippen LogP contribution in [-0.4, -0.2) is 15.0 Å². The third kappa shape index (κ3) is 1.03. The van der Waals surface area contributed by atoms with Gasteiger partial charge in [0, 0.05) is 23.7 Å². The summed E-state index contributed by atoms with van der Waals surface area (Å²) >= 11 is 0. The van der Waals surface area contributed by atoms with Gasteiger partial charge in [-0.2, -0.15) is 0 Å². The summed E-state index contributed by atoms with van der Waals surface area (Å²) in [5, 5.41) is 1.10. The van der Waals surface area contributed by atoms with Crippen molar-refractivity contribution in [3.05, 3.63) is 24.3 Å². The molecule has 1 fully saturated rings. The van der Waals surface area contributed by atoms with Crippen LogP contribution in [0.2, 0.25) is 0 Å². The van der Waals surface area contributed by atoms with E-state index in [0.29, 0.717) is 5.92 Å². The Hall–Kier alpha value is -1.38. The van der Waals surface area contributed by atoms with E-state index in [-0.39, 0.29) is 0 Å². The Labute approximate surface area is 76.2 Å². The number of aromatic nitrogens is 3. The fourth-order valence-electron chi connectivity index (χ4n) is 1.72. The average molecular weight is 173 g/mol. The van der Waals surface area contributed by atoms with Gasteiger partial charge in [0.15, 0.2) is 0 Å². The van der Waals surface area contributed by atoms with Crippen LogP contribution in [0.15, 0.2) is 18.5 Å². The van der Waals surface area contributed by atoms with Crippen molar-refractivity contribution in [2.45, 2.75) is 25.2 Å². The predicted molar refractivity (Wildman–Crippen MR) is 50.5 cm³/mol. The zero-order valence-electron chi connectivity index (χ0n) is 7.33. The van der Waals surface area contributed by atoms with Crippen LogP contribution in [0.3, 0.4) is 0 Å². The molecule has 2 aromatic heterocycles. The molecule has 0 amide bonds. The molecule has 1 aliphatic rings. The summed E-state index contributed by atoms with van der Waals surface area (Å²) in [5.41, 5.74) is 0.969. The molecule has 2 aromatic rings. The molecule has 1 saturated carbocycles. The molecule has 13 heavy (non-hydrogen) atoms. The molecule has 1 N–H and O–H groups in total. The minimum absolute atomic E-state index is 0.618. The van der Waals surface area contributed by atoms with E-state index in [0.717, 1.165) is 16.9 Å². The lowest BCUT2D eigenvalue weighted by Gasteiger charge is -2.23. The summed E-state index contributed by atoms with van der Waals surface area (Å²) in [4.78, 5) is 12.0. The molecule has 3 nitrogen and oxygen atoms in total. The van der Waals surface area contributed by atoms with Crippen LogP contribution < -0.4 is 0 Å². The number of rotatable bonds is 1. The van der Waals surface area contributed by atoms with E-state index < -0.39 is 0 Å². The first-order valence-corrected chi connectivity index (χ1v) is 4.73. The number of aromatic amines is 1. The summed E-state index contributed by atoms with van der Waals surface area (Å²) < 4.78 is 0. The monoisotopic (exact) mass is 173 g/mol. The van der Waals surface area contributed by atoms with Crippen molar-refractivity contribution in [1.82, 2.24) is 15.0 Å². The van der Waals surface area contributed by atoms with Gasteiger partial charge in [0.2, 0.25) is 0 Å². The summed E-state index contributed by atoms with van der Waals surface area (Å²) in [6, 6.07) is 2.00. The summed E-state index contributed by atoms with van der Waals surface area (Å²) in [7, 11) is 0. The van der Waals surface area contributed by atoms with Crippen molar-refractivity contribution in [3.8, 4) is 0 Å². The van der Waals surface area contributed by atoms with E-state index in [1.165, 1.54) is 19.3 Å². The minimum atomic E-state index is 0.618. The Kier molecular flexibility index (Phi) is 1.39. The van der Waals surface area contributed by atoms with Crippen LogP contribution in [0, 0.1) is 0 Å². The van der Waals surface area contributed by atoms with Crippen LogP contribution in [0.4, 0.5) is 0 Å². The third-order valence-corrected chi connectivity index (χ3v) is 2.79. The Morgan fingerprint density at radius 2 is 2.31 bits per heavy atom. The molecule has 3 rings (SSSR count). The number of nitrogens with one attached hydrogen (secondary N) is 1. The Balaban J connectivity index is 2.09. The second-order valence-electron chi connectivity index (χ2n) is 3.64. The molecule has 0 spiro atoms. The van der Waals surface area contributed by atoms with Crippen molar-refractivity contribution in [1.29, 1.82) is 0 Å². The maximum absolute atomic E-state index is 4.49. The summed E-state index contributed by atoms with van der Waals surface area (Å²) in [5.74, 6) is 1.63. The second-order valence-corrected chi connectivity index (χ2v) is 3.64. The normalized spacial score (nSPS) is 17.5. The molecule has 0 aromatic carbocycles. The molecule has 0 aliphatic heterocycles. The standard InChI is InChI=1S/C10H11N3/c1-2-7(3-1)9-12-6-8-4-5-11-10(8)13-9/h4-7H,1-3H2,(H,11,12,13). The van der Waals surface area contributed by atoms with Gasteiger partial charge in [-0.1, -0.05) is 6.42 Å². The van der Waals surface area contributed by atoms with E-state index in [1.807, 2.05) is 18.5 Å². The maximum atomic E-state index is 4.49. The van der Waals surface area contributed by atoms with Crippen molar-refractivity contribution in [2.24, 2.45) is 0 Å². The zero-order valence-corrected chi connectivity index (χ0v) is 7.33. The number of H-pyrrole nitrogens is 1. The molecule has 0 bridgehead atoms. The van der Waals surface area contributed by atoms with Gasteiger partial charge in [-0.3, -0.25) is 0 Å². The van der Waals surface area contributed by atoms with E-state index in [9.17, 15) is 0 Å². The first-order valence-electron chi connectivity index (χ1n) is 4.73. The summed E-state index contributed by atoms with van der Waals surface area (Å²) in [6.45, 7) is 0. The maximum Gasteiger partial charge on any atom is 0.141 e. The highest BCUT2D eigenvalue weighted by atomic mass is 14.9. The highest BCUT2D eigenvalue weighted by Crippen LogP contribution is 2.34. The zero-order chi connectivity index (χ0) is 8.67. The number of hydrogen-bond donors (Lipinski definition) is 1. The molecular weight excluding hydrogens is 162 g/mol. The first-order chi connectivity index (χ1) is 6.43. The number of nitrogens with zero attached hydrogens (tertiary/aromatic N) is 2. The molecule has 1 aliphatic carbocycles. The van der Waals surface area contributed by atoms with Crippen LogP contribution in [-0.2, 0) is 0 Å². The minimum Gasteiger partial charge on any atom is -0.346 e. The van der Waals surface area contributed by atoms with Crippen molar-refractivity contribution in [3.63, 3.8) is 0 Å². The van der Waals surface area contributed by atoms with E-state index in [1.54, 1.807) is 0 Å². The molecule has 0 unspecified atom stereocenters. The van der Waals surface area contributed by atoms with Gasteiger partial charge in [-0.15, -0.1) is 0 Å². The van der Waals surface area contributed by atoms with Gasteiger partial charge < -0.3 is 4.98 Å². The number of hydrogen-bond acceptors (Lipinski definition) is 2. The smallest absolute Gasteiger partial charge is 0.141 e. The van der Waals surface area contributed by atoms with Crippen molar-refractivity contribution < 1.29 is 0 Å². The van der Waals surface area contributed by atoms with Gasteiger partial charge >= 0.3 is 0 Å². The van der Waals surface area contributed by atoms with Gasteiger partial charge in [-0.05, 0) is 18.9 Å². The SMILES string of the molecule is c1cc2cnc(C3CCC3)nc2[nH]1. The fourth-order valence-corrected chi connectivity index (χ4v) is 1.72. The largest absolute Gasteiger partial charge is 0.346 e. The molecule has 66 valence electrons. The topological polar surface area (TPSA) is 41.6 Å². The van der Waals surface area contributed by atoms with Gasteiger partial charge in [0.1, 0.15) is 11.5 Å². The Bertz CT molecular complexity index is 428. The molecule has 0 saturated heterocycles. The molecule has 2 heterocycles. The molecular formula is C10H11N3. The van der Waals surface area contributed by atoms with E-state index in [2.05, 4.69) is 15.0 Å². The molecule has 0 atom stereocenters. The number of fused-ring (bicyclic) bond motifs is 1. The van der Waals surface area contributed by atoms with E-state index >= 15 is 0 Å². The lowest BCUT2D eigenvalue weighted by molar-refractivity contribution is 0.402. The third-order valence-electron chi connectivity index (χ3n) is 2.79. The van der Waals surface area contributed by atoms with Gasteiger partial charge in [-0.25, -0.2) is 9.97 Å². The van der Waals surface area contributed by atoms with Crippen molar-refractivity contribution in [2.75, 3.05) is 0 Å². The Morgan fingerprint density at radius 1 is 1.38 bits per heavy atom. The van der Waals surface area contributed by atoms with Crippen LogP contribution in [0.25, 0.3) is 11.0 Å². The lowest BCUT2D eigenvalue weighted by atomic mass is 9.85. The predicted octanol–water partition coefficient (Wildman–Crippen LogP) is 2.23. The summed E-state index contributed by atoms with van der Waals surface area (Å²) in [6.07, 6.45) is 7.66. The molecule has 0 radical (unpaired) electrons. The van der Waals surface area contributed by atoms with Crippen LogP contribution in [0.5, 0.6) is 0 Å². The van der Waals surface area contributed by atoms with E-state index in [4.69, 9.17) is 0 Å². The quantitative estimate of drug-likeness (QED) is 0.718. The van der Waals surface area contributed by atoms with Crippen molar-refractivity contribution >= 4 is 11.0 Å². The van der Waals surface area contributed by atoms with Crippen LogP contribution in [0.1, 0.15) is 31.0 Å². The van der Waals surface area contributed by atoms with Crippen LogP contribution >= 0.6 is 0 Å². The first kappa shape index (κ1) is 7.06. The second kappa shape index (κ2) is 2.55. The average Bonchev–Trinajstić information content (AvgIpc) is 2.47. The molecule has 3 heteroatoms. The Morgan fingerprint density at radius 3 is 3.08 bits per heavy atom. The lowest BCUT2D eigenvalue weighted by Crippen LogP contribution is -2.12. The fraction of sp³-hybridized carbons (Fsp3) is 0.400. The highest BCUT2D eigenvalue weighted by molar-refractivity contribution is 5.73. The highest BCUT2D eigenvalue weighted by Gasteiger charge is 2.22.